The van der Waals surface area contributed by atoms with E-state index in [0.717, 1.165) is 10.5 Å². The minimum absolute atomic E-state index is 0.0717. The summed E-state index contributed by atoms with van der Waals surface area (Å²) in [6.45, 7) is 1.48. The van der Waals surface area contributed by atoms with E-state index in [-0.39, 0.29) is 22.0 Å². The molecule has 28 heavy (non-hydrogen) atoms. The molecule has 0 saturated carbocycles. The first-order chi connectivity index (χ1) is 13.2. The van der Waals surface area contributed by atoms with Gasteiger partial charge in [-0.05, 0) is 37.3 Å². The summed E-state index contributed by atoms with van der Waals surface area (Å²) in [4.78, 5) is 37.6. The van der Waals surface area contributed by atoms with Crippen molar-refractivity contribution in [3.63, 3.8) is 0 Å². The summed E-state index contributed by atoms with van der Waals surface area (Å²) < 4.78 is 0.591. The zero-order chi connectivity index (χ0) is 20.4. The van der Waals surface area contributed by atoms with E-state index in [0.29, 0.717) is 10.2 Å². The number of urea groups is 1. The highest BCUT2D eigenvalue weighted by atomic mass is 79.9. The number of imide groups is 1. The Morgan fingerprint density at radius 3 is 2.64 bits per heavy atom. The van der Waals surface area contributed by atoms with Gasteiger partial charge in [-0.25, -0.2) is 9.69 Å². The van der Waals surface area contributed by atoms with Crippen LogP contribution in [0.25, 0.3) is 6.08 Å². The number of rotatable bonds is 4. The Labute approximate surface area is 174 Å². The van der Waals surface area contributed by atoms with Crippen LogP contribution in [0.4, 0.5) is 10.5 Å². The van der Waals surface area contributed by atoms with Gasteiger partial charge in [0.25, 0.3) is 5.91 Å². The molecule has 0 atom stereocenters. The molecule has 0 unspecified atom stereocenters. The number of aryl methyl sites for hydroxylation is 1. The number of anilines is 1. The van der Waals surface area contributed by atoms with Gasteiger partial charge in [0.15, 0.2) is 0 Å². The van der Waals surface area contributed by atoms with Gasteiger partial charge in [-0.3, -0.25) is 9.59 Å². The van der Waals surface area contributed by atoms with Crippen LogP contribution < -0.4 is 10.6 Å². The highest BCUT2D eigenvalue weighted by Crippen LogP contribution is 2.33. The minimum Gasteiger partial charge on any atom is -0.506 e. The molecule has 1 aliphatic rings. The molecule has 1 saturated heterocycles. The Morgan fingerprint density at radius 1 is 1.29 bits per heavy atom. The van der Waals surface area contributed by atoms with Crippen LogP contribution in [0.1, 0.15) is 11.1 Å². The lowest BCUT2D eigenvalue weighted by Gasteiger charge is -2.12. The molecule has 0 aromatic heterocycles. The summed E-state index contributed by atoms with van der Waals surface area (Å²) >= 11 is 9.15. The number of hydrogen-bond acceptors (Lipinski definition) is 4. The third-order valence-electron chi connectivity index (χ3n) is 3.96. The van der Waals surface area contributed by atoms with E-state index >= 15 is 0 Å². The van der Waals surface area contributed by atoms with E-state index in [9.17, 15) is 19.5 Å². The van der Waals surface area contributed by atoms with E-state index in [1.54, 1.807) is 18.2 Å². The molecule has 7 nitrogen and oxygen atoms in total. The van der Waals surface area contributed by atoms with E-state index in [4.69, 9.17) is 11.6 Å². The second-order valence-corrected chi connectivity index (χ2v) is 7.44. The predicted octanol–water partition coefficient (Wildman–Crippen LogP) is 3.65. The zero-order valence-corrected chi connectivity index (χ0v) is 17.0. The average molecular weight is 465 g/mol. The fourth-order valence-corrected chi connectivity index (χ4v) is 3.38. The van der Waals surface area contributed by atoms with E-state index in [1.807, 2.05) is 19.1 Å². The largest absolute Gasteiger partial charge is 0.506 e. The molecule has 0 radical (unpaired) electrons. The lowest BCUT2D eigenvalue weighted by molar-refractivity contribution is -0.127. The molecular formula is C19H15BrClN3O4. The molecule has 1 fully saturated rings. The highest BCUT2D eigenvalue weighted by Gasteiger charge is 2.35. The molecule has 1 aliphatic heterocycles. The van der Waals surface area contributed by atoms with Crippen molar-refractivity contribution in [1.82, 2.24) is 10.2 Å². The summed E-state index contributed by atoms with van der Waals surface area (Å²) in [5.74, 6) is -1.42. The zero-order valence-electron chi connectivity index (χ0n) is 14.6. The Morgan fingerprint density at radius 2 is 1.96 bits per heavy atom. The van der Waals surface area contributed by atoms with Gasteiger partial charge in [-0.15, -0.1) is 0 Å². The van der Waals surface area contributed by atoms with Gasteiger partial charge in [0.2, 0.25) is 5.91 Å². The monoisotopic (exact) mass is 463 g/mol. The van der Waals surface area contributed by atoms with Crippen molar-refractivity contribution in [2.24, 2.45) is 0 Å². The molecule has 1 heterocycles. The summed E-state index contributed by atoms with van der Waals surface area (Å²) in [6, 6.07) is 9.43. The lowest BCUT2D eigenvalue weighted by atomic mass is 10.1. The fraction of sp³-hybridized carbons (Fsp3) is 0.105. The summed E-state index contributed by atoms with van der Waals surface area (Å²) in [5.41, 5.74) is 1.77. The number of nitrogens with zero attached hydrogens (tertiary/aromatic N) is 1. The number of nitrogens with one attached hydrogen (secondary N) is 2. The average Bonchev–Trinajstić information content (AvgIpc) is 2.88. The van der Waals surface area contributed by atoms with Crippen LogP contribution in [-0.2, 0) is 9.59 Å². The van der Waals surface area contributed by atoms with E-state index in [2.05, 4.69) is 26.6 Å². The number of phenolic OH excluding ortho intramolecular Hbond substituents is 1. The first-order valence-corrected chi connectivity index (χ1v) is 9.31. The van der Waals surface area contributed by atoms with Crippen LogP contribution in [-0.4, -0.2) is 34.4 Å². The number of carbonyl (C=O) groups is 3. The van der Waals surface area contributed by atoms with Crippen molar-refractivity contribution in [3.8, 4) is 5.75 Å². The van der Waals surface area contributed by atoms with Gasteiger partial charge >= 0.3 is 6.03 Å². The number of hydrogen-bond donors (Lipinski definition) is 3. The molecular weight excluding hydrogens is 450 g/mol. The summed E-state index contributed by atoms with van der Waals surface area (Å²) in [6.07, 6.45) is 1.30. The number of carbonyl (C=O) groups excluding carboxylic acids is 3. The van der Waals surface area contributed by atoms with Crippen molar-refractivity contribution < 1.29 is 19.5 Å². The van der Waals surface area contributed by atoms with Crippen LogP contribution in [0.2, 0.25) is 5.02 Å². The number of amides is 4. The van der Waals surface area contributed by atoms with E-state index in [1.165, 1.54) is 12.1 Å². The van der Waals surface area contributed by atoms with Crippen LogP contribution in [0.5, 0.6) is 5.75 Å². The van der Waals surface area contributed by atoms with Gasteiger partial charge in [0.05, 0.1) is 5.02 Å². The number of benzene rings is 2. The molecule has 9 heteroatoms. The summed E-state index contributed by atoms with van der Waals surface area (Å²) in [7, 11) is 0. The Balaban J connectivity index is 1.74. The third kappa shape index (κ3) is 4.35. The first-order valence-electron chi connectivity index (χ1n) is 8.13. The molecule has 0 spiro atoms. The van der Waals surface area contributed by atoms with Gasteiger partial charge < -0.3 is 15.7 Å². The molecule has 2 aromatic carbocycles. The Bertz CT molecular complexity index is 1000. The van der Waals surface area contributed by atoms with Crippen molar-refractivity contribution >= 4 is 57.1 Å². The van der Waals surface area contributed by atoms with E-state index < -0.39 is 24.4 Å². The standard InChI is InChI=1S/C19H15BrClN3O4/c1-10-2-4-13(5-3-10)22-16(25)9-24-18(27)15(23-19(24)28)7-11-6-12(20)8-14(21)17(11)26/h2-8,26H,9H2,1H3,(H,22,25)(H,23,28)/b15-7+. The SMILES string of the molecule is Cc1ccc(NC(=O)CN2C(=O)N/C(=C/c3cc(Br)cc(Cl)c3O)C2=O)cc1. The molecule has 0 aliphatic carbocycles. The smallest absolute Gasteiger partial charge is 0.329 e. The quantitative estimate of drug-likeness (QED) is 0.475. The molecule has 2 aromatic rings. The summed E-state index contributed by atoms with van der Waals surface area (Å²) in [5, 5.41) is 15.1. The molecule has 3 rings (SSSR count). The van der Waals surface area contributed by atoms with Gasteiger partial charge in [-0.2, -0.15) is 0 Å². The lowest BCUT2D eigenvalue weighted by Crippen LogP contribution is -2.38. The normalized spacial score (nSPS) is 15.1. The molecule has 3 N–H and O–H groups in total. The second-order valence-electron chi connectivity index (χ2n) is 6.12. The molecule has 144 valence electrons. The van der Waals surface area contributed by atoms with Crippen LogP contribution in [0.15, 0.2) is 46.6 Å². The highest BCUT2D eigenvalue weighted by molar-refractivity contribution is 9.10. The number of aromatic hydroxyl groups is 1. The predicted molar refractivity (Wildman–Crippen MR) is 109 cm³/mol. The van der Waals surface area contributed by atoms with Crippen molar-refractivity contribution in [3.05, 3.63) is 62.7 Å². The molecule has 0 bridgehead atoms. The van der Waals surface area contributed by atoms with Crippen molar-refractivity contribution in [2.45, 2.75) is 6.92 Å². The van der Waals surface area contributed by atoms with Gasteiger partial charge in [0, 0.05) is 15.7 Å². The van der Waals surface area contributed by atoms with Crippen LogP contribution in [0.3, 0.4) is 0 Å². The maximum absolute atomic E-state index is 12.5. The van der Waals surface area contributed by atoms with Crippen LogP contribution in [0, 0.1) is 6.92 Å². The van der Waals surface area contributed by atoms with Gasteiger partial charge in [-0.1, -0.05) is 45.2 Å². The molecule has 4 amide bonds. The van der Waals surface area contributed by atoms with Crippen molar-refractivity contribution in [2.75, 3.05) is 11.9 Å². The third-order valence-corrected chi connectivity index (χ3v) is 4.70. The Hall–Kier alpha value is -2.84. The first kappa shape index (κ1) is 19.9. The second kappa shape index (κ2) is 8.04. The minimum atomic E-state index is -0.726. The maximum atomic E-state index is 12.5. The fourth-order valence-electron chi connectivity index (χ4n) is 2.55. The Kier molecular flexibility index (Phi) is 5.71. The number of phenols is 1. The van der Waals surface area contributed by atoms with Crippen LogP contribution >= 0.6 is 27.5 Å². The topological polar surface area (TPSA) is 98.7 Å². The maximum Gasteiger partial charge on any atom is 0.329 e. The number of halogens is 2. The van der Waals surface area contributed by atoms with Crippen molar-refractivity contribution in [1.29, 1.82) is 0 Å². The van der Waals surface area contributed by atoms with Gasteiger partial charge in [0.1, 0.15) is 18.0 Å².